The van der Waals surface area contributed by atoms with Crippen LogP contribution < -0.4 is 14.8 Å². The summed E-state index contributed by atoms with van der Waals surface area (Å²) in [5.74, 6) is -0.736. The van der Waals surface area contributed by atoms with E-state index >= 15 is 0 Å². The summed E-state index contributed by atoms with van der Waals surface area (Å²) in [7, 11) is 0. The van der Waals surface area contributed by atoms with Crippen LogP contribution in [0.4, 0.5) is 5.69 Å². The van der Waals surface area contributed by atoms with Gasteiger partial charge < -0.3 is 14.8 Å². The lowest BCUT2D eigenvalue weighted by Gasteiger charge is -2.23. The van der Waals surface area contributed by atoms with Crippen LogP contribution in [0.3, 0.4) is 0 Å². The van der Waals surface area contributed by atoms with Gasteiger partial charge >= 0.3 is 11.9 Å². The van der Waals surface area contributed by atoms with E-state index in [0.29, 0.717) is 17.7 Å². The molecule has 0 fully saturated rings. The maximum absolute atomic E-state index is 12.9. The van der Waals surface area contributed by atoms with Gasteiger partial charge in [-0.05, 0) is 77.9 Å². The number of carbonyl (C=O) groups excluding carboxylic acids is 2. The van der Waals surface area contributed by atoms with Crippen molar-refractivity contribution in [1.82, 2.24) is 0 Å². The Bertz CT molecular complexity index is 1400. The Kier molecular flexibility index (Phi) is 6.22. The summed E-state index contributed by atoms with van der Waals surface area (Å²) < 4.78 is 13.2. The number of ether oxygens (including phenoxy) is 2. The van der Waals surface area contributed by atoms with Crippen LogP contribution in [0.1, 0.15) is 26.3 Å². The number of esters is 2. The fraction of sp³-hybridized carbons (Fsp3) is 0.0370. The summed E-state index contributed by atoms with van der Waals surface area (Å²) in [5.41, 5.74) is 4.58. The van der Waals surface area contributed by atoms with Gasteiger partial charge in [-0.1, -0.05) is 50.1 Å². The molecule has 5 nitrogen and oxygen atoms in total. The molecule has 4 aromatic rings. The van der Waals surface area contributed by atoms with Gasteiger partial charge in [0.2, 0.25) is 0 Å². The van der Waals surface area contributed by atoms with E-state index in [9.17, 15) is 9.59 Å². The first kappa shape index (κ1) is 22.4. The van der Waals surface area contributed by atoms with E-state index in [4.69, 9.17) is 9.47 Å². The average molecular weight is 579 g/mol. The molecule has 0 aromatic heterocycles. The molecule has 0 saturated carbocycles. The van der Waals surface area contributed by atoms with Crippen LogP contribution in [-0.2, 0) is 6.54 Å². The Morgan fingerprint density at radius 2 is 1.21 bits per heavy atom. The van der Waals surface area contributed by atoms with Crippen LogP contribution in [0, 0.1) is 0 Å². The van der Waals surface area contributed by atoms with Crippen molar-refractivity contribution in [3.05, 3.63) is 111 Å². The maximum Gasteiger partial charge on any atom is 0.343 e. The van der Waals surface area contributed by atoms with Crippen molar-refractivity contribution < 1.29 is 19.1 Å². The van der Waals surface area contributed by atoms with E-state index in [-0.39, 0.29) is 11.5 Å². The largest absolute Gasteiger partial charge is 0.419 e. The third-order valence-electron chi connectivity index (χ3n) is 5.42. The van der Waals surface area contributed by atoms with Gasteiger partial charge in [0.15, 0.2) is 11.5 Å². The fourth-order valence-corrected chi connectivity index (χ4v) is 4.24. The first-order chi connectivity index (χ1) is 16.5. The molecular formula is C27H17Br2NO4. The Labute approximate surface area is 213 Å². The standard InChI is InChI=1S/C27H17Br2NO4/c28-19-9-5-16(6-10-19)26(31)33-24-13-18-15-30-23-4-2-1-3-21(23)22(18)14-25(24)34-27(32)17-7-11-20(29)12-8-17/h1-14,30H,15H2. The van der Waals surface area contributed by atoms with Crippen molar-refractivity contribution in [3.63, 3.8) is 0 Å². The highest BCUT2D eigenvalue weighted by atomic mass is 79.9. The summed E-state index contributed by atoms with van der Waals surface area (Å²) in [6.07, 6.45) is 0. The van der Waals surface area contributed by atoms with E-state index in [0.717, 1.165) is 31.3 Å². The molecule has 1 heterocycles. The van der Waals surface area contributed by atoms with Crippen molar-refractivity contribution in [2.24, 2.45) is 0 Å². The molecule has 1 aliphatic rings. The molecule has 0 radical (unpaired) electrons. The molecule has 0 spiro atoms. The molecule has 0 amide bonds. The smallest absolute Gasteiger partial charge is 0.343 e. The van der Waals surface area contributed by atoms with Crippen molar-refractivity contribution in [2.75, 3.05) is 5.32 Å². The summed E-state index contributed by atoms with van der Waals surface area (Å²) in [4.78, 5) is 25.7. The van der Waals surface area contributed by atoms with Gasteiger partial charge in [-0.25, -0.2) is 9.59 Å². The molecule has 5 rings (SSSR count). The second-order valence-corrected chi connectivity index (χ2v) is 9.48. The number of rotatable bonds is 4. The third-order valence-corrected chi connectivity index (χ3v) is 6.48. The van der Waals surface area contributed by atoms with Crippen molar-refractivity contribution in [1.29, 1.82) is 0 Å². The second kappa shape index (κ2) is 9.44. The van der Waals surface area contributed by atoms with Gasteiger partial charge in [0.1, 0.15) is 0 Å². The summed E-state index contributed by atoms with van der Waals surface area (Å²) in [6.45, 7) is 0.552. The van der Waals surface area contributed by atoms with Crippen LogP contribution in [0.5, 0.6) is 11.5 Å². The Morgan fingerprint density at radius 1 is 0.676 bits per heavy atom. The number of halogens is 2. The summed E-state index contributed by atoms with van der Waals surface area (Å²) in [6, 6.07) is 25.1. The van der Waals surface area contributed by atoms with E-state index in [1.807, 2.05) is 24.3 Å². The first-order valence-corrected chi connectivity index (χ1v) is 12.0. The molecule has 34 heavy (non-hydrogen) atoms. The first-order valence-electron chi connectivity index (χ1n) is 10.4. The van der Waals surface area contributed by atoms with E-state index in [2.05, 4.69) is 37.2 Å². The van der Waals surface area contributed by atoms with Gasteiger partial charge in [-0.15, -0.1) is 0 Å². The zero-order chi connectivity index (χ0) is 23.7. The number of anilines is 1. The van der Waals surface area contributed by atoms with Crippen LogP contribution in [0.15, 0.2) is 93.9 Å². The molecular weight excluding hydrogens is 562 g/mol. The highest BCUT2D eigenvalue weighted by Gasteiger charge is 2.23. The minimum absolute atomic E-state index is 0.175. The number of nitrogens with one attached hydrogen (secondary N) is 1. The molecule has 0 unspecified atom stereocenters. The molecule has 0 atom stereocenters. The quantitative estimate of drug-likeness (QED) is 0.204. The number of fused-ring (bicyclic) bond motifs is 3. The lowest BCUT2D eigenvalue weighted by molar-refractivity contribution is 0.0682. The van der Waals surface area contributed by atoms with Crippen LogP contribution in [-0.4, -0.2) is 11.9 Å². The minimum atomic E-state index is -0.546. The Morgan fingerprint density at radius 3 is 1.79 bits per heavy atom. The van der Waals surface area contributed by atoms with Gasteiger partial charge in [-0.2, -0.15) is 0 Å². The summed E-state index contributed by atoms with van der Waals surface area (Å²) in [5, 5.41) is 3.37. The average Bonchev–Trinajstić information content (AvgIpc) is 2.85. The molecule has 1 aliphatic heterocycles. The van der Waals surface area contributed by atoms with Gasteiger partial charge in [0.05, 0.1) is 11.1 Å². The number of carbonyl (C=O) groups is 2. The van der Waals surface area contributed by atoms with Crippen LogP contribution >= 0.6 is 31.9 Å². The number of benzene rings is 4. The lowest BCUT2D eigenvalue weighted by atomic mass is 9.94. The number of para-hydroxylation sites is 1. The molecule has 0 saturated heterocycles. The number of hydrogen-bond acceptors (Lipinski definition) is 5. The molecule has 4 aromatic carbocycles. The predicted molar refractivity (Wildman–Crippen MR) is 137 cm³/mol. The highest BCUT2D eigenvalue weighted by molar-refractivity contribution is 9.10. The van der Waals surface area contributed by atoms with E-state index in [1.54, 1.807) is 60.7 Å². The maximum atomic E-state index is 12.9. The molecule has 7 heteroatoms. The van der Waals surface area contributed by atoms with Crippen LogP contribution in [0.2, 0.25) is 0 Å². The van der Waals surface area contributed by atoms with Crippen molar-refractivity contribution in [2.45, 2.75) is 6.54 Å². The SMILES string of the molecule is O=C(Oc1cc2c(cc1OC(=O)c1ccc(Br)cc1)-c1ccccc1NC2)c1ccc(Br)cc1. The van der Waals surface area contributed by atoms with Crippen molar-refractivity contribution in [3.8, 4) is 22.6 Å². The van der Waals surface area contributed by atoms with E-state index < -0.39 is 11.9 Å². The molecule has 1 N–H and O–H groups in total. The lowest BCUT2D eigenvalue weighted by Crippen LogP contribution is -2.15. The Balaban J connectivity index is 1.54. The van der Waals surface area contributed by atoms with Crippen molar-refractivity contribution >= 4 is 49.5 Å². The topological polar surface area (TPSA) is 64.6 Å². The zero-order valence-corrected chi connectivity index (χ0v) is 20.9. The fourth-order valence-electron chi connectivity index (χ4n) is 3.71. The van der Waals surface area contributed by atoms with Gasteiger partial charge in [0, 0.05) is 26.7 Å². The van der Waals surface area contributed by atoms with E-state index in [1.165, 1.54) is 0 Å². The Hall–Kier alpha value is -3.42. The van der Waals surface area contributed by atoms with Crippen LogP contribution in [0.25, 0.3) is 11.1 Å². The van der Waals surface area contributed by atoms with Gasteiger partial charge in [-0.3, -0.25) is 0 Å². The molecule has 0 bridgehead atoms. The highest BCUT2D eigenvalue weighted by Crippen LogP contribution is 2.42. The van der Waals surface area contributed by atoms with Gasteiger partial charge in [0.25, 0.3) is 0 Å². The normalized spacial score (nSPS) is 11.6. The molecule has 0 aliphatic carbocycles. The monoisotopic (exact) mass is 577 g/mol. The molecule has 168 valence electrons. The number of hydrogen-bond donors (Lipinski definition) is 1. The zero-order valence-electron chi connectivity index (χ0n) is 17.7. The second-order valence-electron chi connectivity index (χ2n) is 7.65. The summed E-state index contributed by atoms with van der Waals surface area (Å²) >= 11 is 6.73. The third kappa shape index (κ3) is 4.62. The minimum Gasteiger partial charge on any atom is -0.419 e. The predicted octanol–water partition coefficient (Wildman–Crippen LogP) is 7.24.